The van der Waals surface area contributed by atoms with Gasteiger partial charge in [0.15, 0.2) is 0 Å². The van der Waals surface area contributed by atoms with Gasteiger partial charge in [0.2, 0.25) is 5.91 Å². The lowest BCUT2D eigenvalue weighted by atomic mass is 10.1. The number of nitro benzene ring substituents is 2. The third-order valence-electron chi connectivity index (χ3n) is 3.97. The standard InChI is InChI=1S/C19H13ClN4O6/c20-16-7-5-13(23(26)27)10-15(16)18-8-6-14(30-18)11-21-22-19(25)9-12-3-1-2-4-17(12)24(28)29/h1-8,10-11H,9H2,(H,22,25). The Labute approximate surface area is 174 Å². The van der Waals surface area contributed by atoms with E-state index in [9.17, 15) is 25.0 Å². The monoisotopic (exact) mass is 428 g/mol. The summed E-state index contributed by atoms with van der Waals surface area (Å²) >= 11 is 6.08. The number of para-hydroxylation sites is 1. The summed E-state index contributed by atoms with van der Waals surface area (Å²) in [5.74, 6) is 0.00371. The summed E-state index contributed by atoms with van der Waals surface area (Å²) in [6, 6.07) is 13.0. The number of amides is 1. The van der Waals surface area contributed by atoms with E-state index in [-0.39, 0.29) is 39.9 Å². The molecule has 3 aromatic rings. The summed E-state index contributed by atoms with van der Waals surface area (Å²) in [7, 11) is 0. The molecule has 0 saturated heterocycles. The molecule has 0 aliphatic carbocycles. The van der Waals surface area contributed by atoms with Crippen molar-refractivity contribution in [3.05, 3.63) is 91.2 Å². The third kappa shape index (κ3) is 4.86. The average molecular weight is 429 g/mol. The van der Waals surface area contributed by atoms with E-state index < -0.39 is 15.8 Å². The molecule has 0 aliphatic heterocycles. The van der Waals surface area contributed by atoms with Crippen molar-refractivity contribution in [2.45, 2.75) is 6.42 Å². The van der Waals surface area contributed by atoms with Crippen molar-refractivity contribution in [3.63, 3.8) is 0 Å². The number of furan rings is 1. The molecule has 0 aliphatic rings. The molecule has 1 amide bonds. The molecule has 152 valence electrons. The van der Waals surface area contributed by atoms with Crippen molar-refractivity contribution in [1.82, 2.24) is 5.43 Å². The molecule has 0 radical (unpaired) electrons. The number of carbonyl (C=O) groups excluding carboxylic acids is 1. The summed E-state index contributed by atoms with van der Waals surface area (Å²) in [6.45, 7) is 0. The molecule has 10 nitrogen and oxygen atoms in total. The number of non-ortho nitro benzene ring substituents is 1. The van der Waals surface area contributed by atoms with Crippen LogP contribution in [0, 0.1) is 20.2 Å². The van der Waals surface area contributed by atoms with Crippen LogP contribution in [0.1, 0.15) is 11.3 Å². The second kappa shape index (κ2) is 8.97. The topological polar surface area (TPSA) is 141 Å². The Morgan fingerprint density at radius 1 is 1.10 bits per heavy atom. The highest BCUT2D eigenvalue weighted by molar-refractivity contribution is 6.33. The van der Waals surface area contributed by atoms with Crippen LogP contribution in [0.3, 0.4) is 0 Å². The Bertz CT molecular complexity index is 1160. The van der Waals surface area contributed by atoms with Crippen LogP contribution in [-0.4, -0.2) is 22.0 Å². The van der Waals surface area contributed by atoms with Gasteiger partial charge < -0.3 is 4.42 Å². The number of benzene rings is 2. The van der Waals surface area contributed by atoms with E-state index in [0.29, 0.717) is 5.56 Å². The molecule has 1 heterocycles. The first-order valence-electron chi connectivity index (χ1n) is 8.43. The van der Waals surface area contributed by atoms with Gasteiger partial charge in [0, 0.05) is 29.3 Å². The van der Waals surface area contributed by atoms with E-state index in [1.54, 1.807) is 18.2 Å². The maximum absolute atomic E-state index is 12.0. The summed E-state index contributed by atoms with van der Waals surface area (Å²) in [5, 5.41) is 25.9. The van der Waals surface area contributed by atoms with Gasteiger partial charge in [0.25, 0.3) is 11.4 Å². The number of hydrazone groups is 1. The molecule has 11 heteroatoms. The molecular weight excluding hydrogens is 416 g/mol. The van der Waals surface area contributed by atoms with Crippen LogP contribution in [0.15, 0.2) is 64.1 Å². The quantitative estimate of drug-likeness (QED) is 0.341. The molecule has 0 fully saturated rings. The van der Waals surface area contributed by atoms with Gasteiger partial charge in [0.1, 0.15) is 11.5 Å². The lowest BCUT2D eigenvalue weighted by Crippen LogP contribution is -2.20. The Hall–Kier alpha value is -4.05. The second-order valence-electron chi connectivity index (χ2n) is 5.98. The van der Waals surface area contributed by atoms with Crippen molar-refractivity contribution in [1.29, 1.82) is 0 Å². The van der Waals surface area contributed by atoms with Crippen molar-refractivity contribution >= 4 is 35.1 Å². The van der Waals surface area contributed by atoms with Gasteiger partial charge in [-0.15, -0.1) is 0 Å². The minimum Gasteiger partial charge on any atom is -0.455 e. The maximum Gasteiger partial charge on any atom is 0.273 e. The average Bonchev–Trinajstić information content (AvgIpc) is 3.17. The number of nitrogens with one attached hydrogen (secondary N) is 1. The van der Waals surface area contributed by atoms with Gasteiger partial charge in [-0.05, 0) is 18.2 Å². The van der Waals surface area contributed by atoms with Gasteiger partial charge in [-0.1, -0.05) is 29.8 Å². The van der Waals surface area contributed by atoms with E-state index in [1.807, 2.05) is 0 Å². The molecule has 0 saturated carbocycles. The first-order valence-corrected chi connectivity index (χ1v) is 8.81. The maximum atomic E-state index is 12.0. The first kappa shape index (κ1) is 20.7. The first-order chi connectivity index (χ1) is 14.3. The molecule has 1 aromatic heterocycles. The highest BCUT2D eigenvalue weighted by Gasteiger charge is 2.16. The largest absolute Gasteiger partial charge is 0.455 e. The zero-order valence-corrected chi connectivity index (χ0v) is 15.9. The van der Waals surface area contributed by atoms with E-state index in [0.717, 1.165) is 0 Å². The molecule has 0 spiro atoms. The van der Waals surface area contributed by atoms with Crippen LogP contribution < -0.4 is 5.43 Å². The van der Waals surface area contributed by atoms with Crippen molar-refractivity contribution in [3.8, 4) is 11.3 Å². The fourth-order valence-electron chi connectivity index (χ4n) is 2.60. The summed E-state index contributed by atoms with van der Waals surface area (Å²) in [4.78, 5) is 32.8. The molecule has 1 N–H and O–H groups in total. The Kier molecular flexibility index (Phi) is 6.18. The zero-order valence-electron chi connectivity index (χ0n) is 15.1. The summed E-state index contributed by atoms with van der Waals surface area (Å²) in [5.41, 5.74) is 2.57. The Morgan fingerprint density at radius 2 is 1.87 bits per heavy atom. The molecule has 2 aromatic carbocycles. The minimum atomic E-state index is -0.560. The van der Waals surface area contributed by atoms with Crippen LogP contribution in [0.25, 0.3) is 11.3 Å². The van der Waals surface area contributed by atoms with Crippen LogP contribution in [0.4, 0.5) is 11.4 Å². The highest BCUT2D eigenvalue weighted by atomic mass is 35.5. The van der Waals surface area contributed by atoms with Crippen molar-refractivity contribution in [2.75, 3.05) is 0 Å². The molecule has 0 unspecified atom stereocenters. The van der Waals surface area contributed by atoms with E-state index >= 15 is 0 Å². The van der Waals surface area contributed by atoms with Crippen LogP contribution in [0.5, 0.6) is 0 Å². The van der Waals surface area contributed by atoms with Gasteiger partial charge in [0.05, 0.1) is 27.5 Å². The lowest BCUT2D eigenvalue weighted by Gasteiger charge is -2.01. The second-order valence-corrected chi connectivity index (χ2v) is 6.39. The van der Waals surface area contributed by atoms with Crippen molar-refractivity contribution in [2.24, 2.45) is 5.10 Å². The number of halogens is 1. The fourth-order valence-corrected chi connectivity index (χ4v) is 2.81. The number of hydrogen-bond donors (Lipinski definition) is 1. The smallest absolute Gasteiger partial charge is 0.273 e. The lowest BCUT2D eigenvalue weighted by molar-refractivity contribution is -0.385. The zero-order chi connectivity index (χ0) is 21.7. The van der Waals surface area contributed by atoms with E-state index in [1.165, 1.54) is 42.6 Å². The number of nitrogens with zero attached hydrogens (tertiary/aromatic N) is 3. The normalized spacial score (nSPS) is 10.8. The van der Waals surface area contributed by atoms with Gasteiger partial charge in [-0.2, -0.15) is 5.10 Å². The SMILES string of the molecule is O=C(Cc1ccccc1[N+](=O)[O-])NN=Cc1ccc(-c2cc([N+](=O)[O-])ccc2Cl)o1. The summed E-state index contributed by atoms with van der Waals surface area (Å²) in [6.07, 6.45) is 1.01. The molecule has 0 bridgehead atoms. The van der Waals surface area contributed by atoms with Crippen LogP contribution >= 0.6 is 11.6 Å². The number of carbonyl (C=O) groups is 1. The van der Waals surface area contributed by atoms with E-state index in [2.05, 4.69) is 10.5 Å². The highest BCUT2D eigenvalue weighted by Crippen LogP contribution is 2.32. The molecule has 0 atom stereocenters. The predicted molar refractivity (Wildman–Crippen MR) is 108 cm³/mol. The van der Waals surface area contributed by atoms with Gasteiger partial charge in [-0.3, -0.25) is 25.0 Å². The van der Waals surface area contributed by atoms with Crippen LogP contribution in [0.2, 0.25) is 5.02 Å². The molecular formula is C19H13ClN4O6. The van der Waals surface area contributed by atoms with E-state index in [4.69, 9.17) is 16.0 Å². The number of hydrogen-bond acceptors (Lipinski definition) is 7. The third-order valence-corrected chi connectivity index (χ3v) is 4.30. The number of nitro groups is 2. The number of rotatable bonds is 7. The van der Waals surface area contributed by atoms with Gasteiger partial charge in [-0.25, -0.2) is 5.43 Å². The Morgan fingerprint density at radius 3 is 2.60 bits per heavy atom. The minimum absolute atomic E-state index is 0.136. The van der Waals surface area contributed by atoms with Crippen molar-refractivity contribution < 1.29 is 19.1 Å². The summed E-state index contributed by atoms with van der Waals surface area (Å²) < 4.78 is 5.54. The van der Waals surface area contributed by atoms with Crippen LogP contribution in [-0.2, 0) is 11.2 Å². The fraction of sp³-hybridized carbons (Fsp3) is 0.0526. The molecule has 30 heavy (non-hydrogen) atoms. The Balaban J connectivity index is 1.67. The molecule has 3 rings (SSSR count). The predicted octanol–water partition coefficient (Wildman–Crippen LogP) is 4.11. The van der Waals surface area contributed by atoms with Gasteiger partial charge >= 0.3 is 0 Å².